The monoisotopic (exact) mass is 417 g/mol. The highest BCUT2D eigenvalue weighted by molar-refractivity contribution is 9.10. The molecule has 2 rings (SSSR count). The Labute approximate surface area is 135 Å². The molecule has 106 valence electrons. The van der Waals surface area contributed by atoms with E-state index >= 15 is 0 Å². The number of sulfonamides is 1. The predicted octanol–water partition coefficient (Wildman–Crippen LogP) is 4.63. The number of rotatable bonds is 3. The lowest BCUT2D eigenvalue weighted by Crippen LogP contribution is -2.13. The molecule has 0 aromatic heterocycles. The molecule has 0 fully saturated rings. The first kappa shape index (κ1) is 15.5. The zero-order chi connectivity index (χ0) is 14.9. The molecule has 3 nitrogen and oxygen atoms in total. The van der Waals surface area contributed by atoms with E-state index in [2.05, 4.69) is 36.6 Å². The summed E-state index contributed by atoms with van der Waals surface area (Å²) in [5, 5.41) is 0. The fourth-order valence-corrected chi connectivity index (χ4v) is 4.67. The summed E-state index contributed by atoms with van der Waals surface area (Å²) in [6, 6.07) is 10.6. The van der Waals surface area contributed by atoms with Crippen LogP contribution in [0.2, 0.25) is 0 Å². The average Bonchev–Trinajstić information content (AvgIpc) is 2.25. The largest absolute Gasteiger partial charge is 0.280 e. The fraction of sp³-hybridized carbons (Fsp3) is 0.143. The summed E-state index contributed by atoms with van der Waals surface area (Å²) >= 11 is 6.65. The van der Waals surface area contributed by atoms with Crippen molar-refractivity contribution < 1.29 is 8.42 Å². The molecule has 0 aliphatic carbocycles. The van der Waals surface area contributed by atoms with Crippen LogP contribution >= 0.6 is 31.9 Å². The van der Waals surface area contributed by atoms with Gasteiger partial charge in [-0.3, -0.25) is 4.72 Å². The number of halogens is 2. The minimum absolute atomic E-state index is 0.223. The topological polar surface area (TPSA) is 46.2 Å². The van der Waals surface area contributed by atoms with Crippen molar-refractivity contribution >= 4 is 47.6 Å². The van der Waals surface area contributed by atoms with Crippen LogP contribution in [0.4, 0.5) is 5.69 Å². The van der Waals surface area contributed by atoms with Crippen molar-refractivity contribution in [2.24, 2.45) is 0 Å². The number of benzene rings is 2. The molecule has 0 bridgehead atoms. The van der Waals surface area contributed by atoms with Gasteiger partial charge < -0.3 is 0 Å². The first-order chi connectivity index (χ1) is 9.28. The van der Waals surface area contributed by atoms with E-state index in [1.807, 2.05) is 19.9 Å². The third-order valence-corrected chi connectivity index (χ3v) is 5.49. The molecule has 0 unspecified atom stereocenters. The van der Waals surface area contributed by atoms with Gasteiger partial charge in [-0.2, -0.15) is 0 Å². The van der Waals surface area contributed by atoms with Crippen LogP contribution in [0.25, 0.3) is 0 Å². The maximum atomic E-state index is 12.4. The van der Waals surface area contributed by atoms with E-state index in [1.54, 1.807) is 30.3 Å². The van der Waals surface area contributed by atoms with E-state index < -0.39 is 10.0 Å². The fourth-order valence-electron chi connectivity index (χ4n) is 1.83. The lowest BCUT2D eigenvalue weighted by Gasteiger charge is -2.11. The van der Waals surface area contributed by atoms with Crippen molar-refractivity contribution in [3.05, 3.63) is 56.5 Å². The Balaban J connectivity index is 2.40. The molecule has 0 radical (unpaired) electrons. The van der Waals surface area contributed by atoms with E-state index in [9.17, 15) is 8.42 Å². The second kappa shape index (κ2) is 5.87. The molecule has 0 saturated heterocycles. The molecule has 0 saturated carbocycles. The van der Waals surface area contributed by atoms with Crippen LogP contribution in [-0.4, -0.2) is 8.42 Å². The molecule has 0 amide bonds. The quantitative estimate of drug-likeness (QED) is 0.789. The molecule has 0 aliphatic heterocycles. The van der Waals surface area contributed by atoms with Crippen molar-refractivity contribution in [2.45, 2.75) is 18.7 Å². The molecule has 2 aromatic rings. The van der Waals surface area contributed by atoms with Gasteiger partial charge >= 0.3 is 0 Å². The Bertz CT molecular complexity index is 738. The number of aryl methyl sites for hydroxylation is 2. The van der Waals surface area contributed by atoms with Gasteiger partial charge in [0.2, 0.25) is 0 Å². The second-order valence-electron chi connectivity index (χ2n) is 4.56. The van der Waals surface area contributed by atoms with Gasteiger partial charge in [-0.25, -0.2) is 8.42 Å². The second-order valence-corrected chi connectivity index (χ2v) is 7.98. The first-order valence-electron chi connectivity index (χ1n) is 5.84. The summed E-state index contributed by atoms with van der Waals surface area (Å²) in [5.74, 6) is 0. The van der Waals surface area contributed by atoms with Crippen LogP contribution in [0.3, 0.4) is 0 Å². The number of hydrogen-bond donors (Lipinski definition) is 1. The molecule has 1 N–H and O–H groups in total. The van der Waals surface area contributed by atoms with Gasteiger partial charge in [0.15, 0.2) is 0 Å². The first-order valence-corrected chi connectivity index (χ1v) is 8.91. The molecular weight excluding hydrogens is 406 g/mol. The molecule has 20 heavy (non-hydrogen) atoms. The van der Waals surface area contributed by atoms with Gasteiger partial charge in [-0.15, -0.1) is 0 Å². The average molecular weight is 419 g/mol. The summed E-state index contributed by atoms with van der Waals surface area (Å²) in [5.41, 5.74) is 2.50. The van der Waals surface area contributed by atoms with Gasteiger partial charge in [0.05, 0.1) is 5.69 Å². The van der Waals surface area contributed by atoms with Crippen LogP contribution in [0.1, 0.15) is 11.1 Å². The Hall–Kier alpha value is -0.850. The Morgan fingerprint density at radius 1 is 0.950 bits per heavy atom. The standard InChI is InChI=1S/C14H13Br2NO2S/c1-9-3-4-14(13(16)7-9)20(18,19)17-12-6-10(2)5-11(15)8-12/h3-8,17H,1-2H3. The third kappa shape index (κ3) is 3.62. The number of nitrogens with one attached hydrogen (secondary N) is 1. The minimum atomic E-state index is -3.61. The van der Waals surface area contributed by atoms with Crippen LogP contribution in [0, 0.1) is 13.8 Å². The predicted molar refractivity (Wildman–Crippen MR) is 88.6 cm³/mol. The summed E-state index contributed by atoms with van der Waals surface area (Å²) in [6.07, 6.45) is 0. The molecule has 0 heterocycles. The van der Waals surface area contributed by atoms with Crippen molar-refractivity contribution in [3.8, 4) is 0 Å². The van der Waals surface area contributed by atoms with E-state index in [4.69, 9.17) is 0 Å². The zero-order valence-corrected chi connectivity index (χ0v) is 14.9. The van der Waals surface area contributed by atoms with E-state index in [0.717, 1.165) is 15.6 Å². The van der Waals surface area contributed by atoms with Gasteiger partial charge in [-0.05, 0) is 71.2 Å². The van der Waals surface area contributed by atoms with E-state index in [0.29, 0.717) is 10.2 Å². The van der Waals surface area contributed by atoms with Crippen LogP contribution in [0.5, 0.6) is 0 Å². The summed E-state index contributed by atoms with van der Waals surface area (Å²) in [7, 11) is -3.61. The highest BCUT2D eigenvalue weighted by atomic mass is 79.9. The smallest absolute Gasteiger partial charge is 0.263 e. The molecule has 6 heteroatoms. The molecule has 0 aliphatic rings. The van der Waals surface area contributed by atoms with Gasteiger partial charge in [-0.1, -0.05) is 22.0 Å². The van der Waals surface area contributed by atoms with Crippen molar-refractivity contribution in [1.82, 2.24) is 0 Å². The molecule has 2 aromatic carbocycles. The normalized spacial score (nSPS) is 11.4. The minimum Gasteiger partial charge on any atom is -0.280 e. The van der Waals surface area contributed by atoms with Crippen molar-refractivity contribution in [3.63, 3.8) is 0 Å². The SMILES string of the molecule is Cc1cc(Br)cc(NS(=O)(=O)c2ccc(C)cc2Br)c1. The molecule has 0 spiro atoms. The highest BCUT2D eigenvalue weighted by Gasteiger charge is 2.18. The zero-order valence-electron chi connectivity index (χ0n) is 10.9. The molecule has 0 atom stereocenters. The number of anilines is 1. The lowest BCUT2D eigenvalue weighted by atomic mass is 10.2. The highest BCUT2D eigenvalue weighted by Crippen LogP contribution is 2.26. The van der Waals surface area contributed by atoms with Crippen molar-refractivity contribution in [2.75, 3.05) is 4.72 Å². The van der Waals surface area contributed by atoms with Gasteiger partial charge in [0.1, 0.15) is 4.90 Å². The van der Waals surface area contributed by atoms with Crippen LogP contribution < -0.4 is 4.72 Å². The van der Waals surface area contributed by atoms with Crippen LogP contribution in [0.15, 0.2) is 50.2 Å². The Morgan fingerprint density at radius 3 is 2.25 bits per heavy atom. The van der Waals surface area contributed by atoms with Gasteiger partial charge in [0.25, 0.3) is 10.0 Å². The lowest BCUT2D eigenvalue weighted by molar-refractivity contribution is 0.600. The maximum Gasteiger partial charge on any atom is 0.263 e. The van der Waals surface area contributed by atoms with Crippen molar-refractivity contribution in [1.29, 1.82) is 0 Å². The summed E-state index contributed by atoms with van der Waals surface area (Å²) in [4.78, 5) is 0.223. The Kier molecular flexibility index (Phi) is 4.56. The Morgan fingerprint density at radius 2 is 1.65 bits per heavy atom. The van der Waals surface area contributed by atoms with E-state index in [1.165, 1.54) is 0 Å². The number of hydrogen-bond acceptors (Lipinski definition) is 2. The third-order valence-electron chi connectivity index (χ3n) is 2.67. The van der Waals surface area contributed by atoms with E-state index in [-0.39, 0.29) is 4.90 Å². The van der Waals surface area contributed by atoms with Crippen LogP contribution in [-0.2, 0) is 10.0 Å². The van der Waals surface area contributed by atoms with Gasteiger partial charge in [0, 0.05) is 8.95 Å². The summed E-state index contributed by atoms with van der Waals surface area (Å²) in [6.45, 7) is 3.82. The summed E-state index contributed by atoms with van der Waals surface area (Å²) < 4.78 is 28.8. The maximum absolute atomic E-state index is 12.4. The molecular formula is C14H13Br2NO2S.